The van der Waals surface area contributed by atoms with E-state index in [4.69, 9.17) is 11.6 Å². The molecule has 4 nitrogen and oxygen atoms in total. The molecule has 152 valence electrons. The van der Waals surface area contributed by atoms with Gasteiger partial charge in [-0.2, -0.15) is 0 Å². The molecule has 0 unspecified atom stereocenters. The van der Waals surface area contributed by atoms with Crippen LogP contribution < -0.4 is 5.32 Å². The number of aliphatic imine (C=N–C) groups is 1. The lowest BCUT2D eigenvalue weighted by atomic mass is 10.2. The number of nitrogens with one attached hydrogen (secondary N) is 1. The van der Waals surface area contributed by atoms with Crippen LogP contribution in [-0.4, -0.2) is 15.6 Å². The summed E-state index contributed by atoms with van der Waals surface area (Å²) in [4.78, 5) is 17.7. The number of rotatable bonds is 3. The van der Waals surface area contributed by atoms with Crippen LogP contribution >= 0.6 is 23.4 Å². The lowest BCUT2D eigenvalue weighted by Gasteiger charge is -2.10. The summed E-state index contributed by atoms with van der Waals surface area (Å²) in [6.07, 6.45) is 1.93. The Hall–Kier alpha value is -2.76. The molecular formula is C24H22ClN3OS. The maximum absolute atomic E-state index is 12.5. The quantitative estimate of drug-likeness (QED) is 0.494. The topological polar surface area (TPSA) is 46.4 Å². The van der Waals surface area contributed by atoms with Crippen molar-refractivity contribution in [2.24, 2.45) is 4.99 Å². The van der Waals surface area contributed by atoms with Gasteiger partial charge in [-0.15, -0.1) is 0 Å². The fraction of sp³-hybridized carbons (Fsp3) is 0.167. The Kier molecular flexibility index (Phi) is 5.58. The van der Waals surface area contributed by atoms with Crippen LogP contribution in [0.1, 0.15) is 28.1 Å². The van der Waals surface area contributed by atoms with Gasteiger partial charge in [-0.05, 0) is 93.1 Å². The molecule has 1 amide bonds. The van der Waals surface area contributed by atoms with E-state index in [-0.39, 0.29) is 5.91 Å². The molecule has 0 radical (unpaired) electrons. The first-order valence-electron chi connectivity index (χ1n) is 9.63. The van der Waals surface area contributed by atoms with E-state index in [0.717, 1.165) is 33.9 Å². The van der Waals surface area contributed by atoms with Crippen molar-refractivity contribution >= 4 is 46.2 Å². The number of carbonyl (C=O) groups is 1. The summed E-state index contributed by atoms with van der Waals surface area (Å²) < 4.78 is 2.20. The van der Waals surface area contributed by atoms with E-state index in [1.54, 1.807) is 6.07 Å². The largest absolute Gasteiger partial charge is 0.318 e. The Morgan fingerprint density at radius 2 is 1.77 bits per heavy atom. The highest BCUT2D eigenvalue weighted by Crippen LogP contribution is 2.31. The van der Waals surface area contributed by atoms with Crippen LogP contribution in [0.15, 0.2) is 58.4 Å². The van der Waals surface area contributed by atoms with Crippen LogP contribution in [0.2, 0.25) is 5.02 Å². The van der Waals surface area contributed by atoms with Crippen molar-refractivity contribution in [3.05, 3.63) is 86.5 Å². The number of hydrogen-bond donors (Lipinski definition) is 1. The SMILES string of the molecule is Cc1ccc(-n2c(C)cc(/C=C3\SC(=Nc4ccc(Cl)cc4C)NC3=O)c2C)cc1. The number of carbonyl (C=O) groups excluding carboxylic acids is 1. The van der Waals surface area contributed by atoms with Crippen molar-refractivity contribution in [1.82, 2.24) is 9.88 Å². The van der Waals surface area contributed by atoms with E-state index in [1.807, 2.05) is 25.1 Å². The Morgan fingerprint density at radius 3 is 2.47 bits per heavy atom. The van der Waals surface area contributed by atoms with Gasteiger partial charge in [-0.3, -0.25) is 4.79 Å². The molecule has 1 N–H and O–H groups in total. The summed E-state index contributed by atoms with van der Waals surface area (Å²) in [6.45, 7) is 8.18. The fourth-order valence-corrected chi connectivity index (χ4v) is 4.55. The number of aromatic nitrogens is 1. The molecule has 1 fully saturated rings. The zero-order chi connectivity index (χ0) is 21.4. The molecule has 4 rings (SSSR count). The van der Waals surface area contributed by atoms with E-state index < -0.39 is 0 Å². The number of nitrogens with zero attached hydrogens (tertiary/aromatic N) is 2. The summed E-state index contributed by atoms with van der Waals surface area (Å²) in [5.41, 5.74) is 7.34. The number of amides is 1. The van der Waals surface area contributed by atoms with Crippen LogP contribution in [0.25, 0.3) is 11.8 Å². The van der Waals surface area contributed by atoms with E-state index in [1.165, 1.54) is 17.3 Å². The number of hydrogen-bond acceptors (Lipinski definition) is 3. The van der Waals surface area contributed by atoms with E-state index in [9.17, 15) is 4.79 Å². The Morgan fingerprint density at radius 1 is 1.03 bits per heavy atom. The van der Waals surface area contributed by atoms with Gasteiger partial charge in [-0.1, -0.05) is 29.3 Å². The van der Waals surface area contributed by atoms with Crippen LogP contribution in [0.4, 0.5) is 5.69 Å². The number of benzene rings is 2. The fourth-order valence-electron chi connectivity index (χ4n) is 3.50. The number of amidine groups is 1. The van der Waals surface area contributed by atoms with Crippen molar-refractivity contribution in [3.63, 3.8) is 0 Å². The van der Waals surface area contributed by atoms with Gasteiger partial charge in [0.15, 0.2) is 5.17 Å². The predicted molar refractivity (Wildman–Crippen MR) is 127 cm³/mol. The third-order valence-corrected chi connectivity index (χ3v) is 6.23. The minimum atomic E-state index is -0.134. The average molecular weight is 436 g/mol. The second kappa shape index (κ2) is 8.17. The van der Waals surface area contributed by atoms with Gasteiger partial charge in [0.25, 0.3) is 5.91 Å². The molecule has 1 saturated heterocycles. The lowest BCUT2D eigenvalue weighted by Crippen LogP contribution is -2.19. The maximum atomic E-state index is 12.5. The summed E-state index contributed by atoms with van der Waals surface area (Å²) in [7, 11) is 0. The van der Waals surface area contributed by atoms with Gasteiger partial charge in [0.2, 0.25) is 0 Å². The molecule has 2 heterocycles. The molecule has 0 bridgehead atoms. The van der Waals surface area contributed by atoms with Crippen molar-refractivity contribution in [2.45, 2.75) is 27.7 Å². The van der Waals surface area contributed by atoms with E-state index in [0.29, 0.717) is 15.1 Å². The van der Waals surface area contributed by atoms with Gasteiger partial charge in [0.1, 0.15) is 0 Å². The van der Waals surface area contributed by atoms with Crippen LogP contribution in [-0.2, 0) is 4.79 Å². The highest BCUT2D eigenvalue weighted by molar-refractivity contribution is 8.18. The average Bonchev–Trinajstić information content (AvgIpc) is 3.17. The molecule has 1 aliphatic heterocycles. The maximum Gasteiger partial charge on any atom is 0.264 e. The monoisotopic (exact) mass is 435 g/mol. The molecule has 1 aliphatic rings. The molecule has 0 saturated carbocycles. The lowest BCUT2D eigenvalue weighted by molar-refractivity contribution is -0.115. The molecule has 0 aliphatic carbocycles. The first-order chi connectivity index (χ1) is 14.3. The van der Waals surface area contributed by atoms with E-state index >= 15 is 0 Å². The third kappa shape index (κ3) is 4.09. The highest BCUT2D eigenvalue weighted by atomic mass is 35.5. The number of aryl methyl sites for hydroxylation is 3. The Balaban J connectivity index is 1.64. The number of thioether (sulfide) groups is 1. The molecule has 6 heteroatoms. The van der Waals surface area contributed by atoms with Crippen molar-refractivity contribution in [1.29, 1.82) is 0 Å². The molecular weight excluding hydrogens is 414 g/mol. The van der Waals surface area contributed by atoms with Gasteiger partial charge in [-0.25, -0.2) is 4.99 Å². The molecule has 1 aromatic heterocycles. The molecule has 0 atom stereocenters. The van der Waals surface area contributed by atoms with Crippen molar-refractivity contribution in [3.8, 4) is 5.69 Å². The minimum Gasteiger partial charge on any atom is -0.318 e. The smallest absolute Gasteiger partial charge is 0.264 e. The van der Waals surface area contributed by atoms with Gasteiger partial charge >= 0.3 is 0 Å². The van der Waals surface area contributed by atoms with Gasteiger partial charge < -0.3 is 9.88 Å². The van der Waals surface area contributed by atoms with Crippen molar-refractivity contribution in [2.75, 3.05) is 0 Å². The van der Waals surface area contributed by atoms with Gasteiger partial charge in [0, 0.05) is 22.1 Å². The van der Waals surface area contributed by atoms with Crippen LogP contribution in [0.3, 0.4) is 0 Å². The Bertz CT molecular complexity index is 1210. The molecule has 2 aromatic carbocycles. The molecule has 0 spiro atoms. The molecule has 30 heavy (non-hydrogen) atoms. The zero-order valence-electron chi connectivity index (χ0n) is 17.3. The first-order valence-corrected chi connectivity index (χ1v) is 10.8. The summed E-state index contributed by atoms with van der Waals surface area (Å²) in [5.74, 6) is -0.134. The highest BCUT2D eigenvalue weighted by Gasteiger charge is 2.25. The summed E-state index contributed by atoms with van der Waals surface area (Å²) in [6, 6.07) is 16.1. The molecule has 3 aromatic rings. The minimum absolute atomic E-state index is 0.134. The summed E-state index contributed by atoms with van der Waals surface area (Å²) >= 11 is 7.37. The first kappa shape index (κ1) is 20.5. The summed E-state index contributed by atoms with van der Waals surface area (Å²) in [5, 5.41) is 4.10. The van der Waals surface area contributed by atoms with Gasteiger partial charge in [0.05, 0.1) is 10.6 Å². The number of halogens is 1. The van der Waals surface area contributed by atoms with E-state index in [2.05, 4.69) is 66.0 Å². The third-order valence-electron chi connectivity index (χ3n) is 5.08. The zero-order valence-corrected chi connectivity index (χ0v) is 18.9. The predicted octanol–water partition coefficient (Wildman–Crippen LogP) is 6.26. The van der Waals surface area contributed by atoms with Crippen molar-refractivity contribution < 1.29 is 4.79 Å². The second-order valence-electron chi connectivity index (χ2n) is 7.41. The van der Waals surface area contributed by atoms with Crippen LogP contribution in [0.5, 0.6) is 0 Å². The standard InChI is InChI=1S/C24H22ClN3OS/c1-14-5-8-20(9-6-14)28-16(3)12-18(17(28)4)13-22-23(29)27-24(30-22)26-21-10-7-19(25)11-15(21)2/h5-13H,1-4H3,(H,26,27,29)/b22-13-. The normalized spacial score (nSPS) is 16.5. The Labute approximate surface area is 185 Å². The van der Waals surface area contributed by atoms with Crippen LogP contribution in [0, 0.1) is 27.7 Å². The second-order valence-corrected chi connectivity index (χ2v) is 8.88.